The molecular formula is C23H26N2O2S. The van der Waals surface area contributed by atoms with Gasteiger partial charge in [0.15, 0.2) is 0 Å². The molecule has 0 amide bonds. The van der Waals surface area contributed by atoms with Crippen LogP contribution in [0.5, 0.6) is 0 Å². The first-order valence-corrected chi connectivity index (χ1v) is 11.0. The highest BCUT2D eigenvalue weighted by atomic mass is 32.2. The molecular weight excluding hydrogens is 368 g/mol. The molecule has 0 aliphatic carbocycles. The van der Waals surface area contributed by atoms with E-state index in [4.69, 9.17) is 0 Å². The summed E-state index contributed by atoms with van der Waals surface area (Å²) in [6, 6.07) is 19.2. The number of aromatic nitrogens is 1. The smallest absolute Gasteiger partial charge is 0.263 e. The number of nitrogens with one attached hydrogen (secondary N) is 1. The Morgan fingerprint density at radius 2 is 1.64 bits per heavy atom. The first kappa shape index (κ1) is 20.1. The van der Waals surface area contributed by atoms with Crippen molar-refractivity contribution in [1.82, 2.24) is 4.98 Å². The zero-order chi connectivity index (χ0) is 20.1. The molecule has 2 aromatic carbocycles. The van der Waals surface area contributed by atoms with Gasteiger partial charge in [-0.3, -0.25) is 4.72 Å². The number of hydrogen-bond donors (Lipinski definition) is 1. The summed E-state index contributed by atoms with van der Waals surface area (Å²) < 4.78 is 28.1. The standard InChI is InChI=1S/C23H26N2O2S/c1-4-5-8-19-10-12-20(13-11-19)21-14-15-22(17(2)16-21)28(26,27)25-23-9-6-7-18(3)24-23/h6-7,9-16H,4-5,8H2,1-3H3,(H,24,25). The van der Waals surface area contributed by atoms with Gasteiger partial charge in [0.2, 0.25) is 0 Å². The molecule has 0 saturated carbocycles. The topological polar surface area (TPSA) is 59.1 Å². The molecule has 0 bridgehead atoms. The summed E-state index contributed by atoms with van der Waals surface area (Å²) >= 11 is 0. The van der Waals surface area contributed by atoms with Crippen LogP contribution in [-0.2, 0) is 16.4 Å². The third-order valence-electron chi connectivity index (χ3n) is 4.70. The van der Waals surface area contributed by atoms with Crippen molar-refractivity contribution >= 4 is 15.8 Å². The second-order valence-corrected chi connectivity index (χ2v) is 8.70. The van der Waals surface area contributed by atoms with E-state index in [2.05, 4.69) is 40.9 Å². The van der Waals surface area contributed by atoms with Crippen molar-refractivity contribution in [3.8, 4) is 11.1 Å². The van der Waals surface area contributed by atoms with Crippen molar-refractivity contribution in [2.45, 2.75) is 44.9 Å². The van der Waals surface area contributed by atoms with E-state index in [1.54, 1.807) is 18.2 Å². The highest BCUT2D eigenvalue weighted by Crippen LogP contribution is 2.26. The van der Waals surface area contributed by atoms with Gasteiger partial charge in [-0.05, 0) is 67.1 Å². The summed E-state index contributed by atoms with van der Waals surface area (Å²) in [4.78, 5) is 4.48. The molecule has 1 aromatic heterocycles. The minimum absolute atomic E-state index is 0.263. The molecule has 146 valence electrons. The number of aryl methyl sites for hydroxylation is 3. The second-order valence-electron chi connectivity index (χ2n) is 7.05. The third kappa shape index (κ3) is 4.78. The van der Waals surface area contributed by atoms with Gasteiger partial charge in [0.1, 0.15) is 5.82 Å². The number of unbranched alkanes of at least 4 members (excludes halogenated alkanes) is 1. The molecule has 0 atom stereocenters. The molecule has 1 N–H and O–H groups in total. The lowest BCUT2D eigenvalue weighted by atomic mass is 10.0. The lowest BCUT2D eigenvalue weighted by Gasteiger charge is -2.12. The van der Waals surface area contributed by atoms with Gasteiger partial charge >= 0.3 is 0 Å². The molecule has 28 heavy (non-hydrogen) atoms. The predicted octanol–water partition coefficient (Wildman–Crippen LogP) is 5.51. The molecule has 3 rings (SSSR count). The Morgan fingerprint density at radius 3 is 2.29 bits per heavy atom. The minimum Gasteiger partial charge on any atom is -0.263 e. The summed E-state index contributed by atoms with van der Waals surface area (Å²) in [6.07, 6.45) is 3.46. The van der Waals surface area contributed by atoms with E-state index in [9.17, 15) is 8.42 Å². The van der Waals surface area contributed by atoms with Gasteiger partial charge < -0.3 is 0 Å². The fraction of sp³-hybridized carbons (Fsp3) is 0.261. The fourth-order valence-electron chi connectivity index (χ4n) is 3.17. The highest BCUT2D eigenvalue weighted by Gasteiger charge is 2.18. The highest BCUT2D eigenvalue weighted by molar-refractivity contribution is 7.92. The Bertz CT molecular complexity index is 1060. The quantitative estimate of drug-likeness (QED) is 0.575. The van der Waals surface area contributed by atoms with Crippen LogP contribution >= 0.6 is 0 Å². The van der Waals surface area contributed by atoms with Crippen molar-refractivity contribution in [3.63, 3.8) is 0 Å². The Kier molecular flexibility index (Phi) is 6.15. The van der Waals surface area contributed by atoms with Crippen molar-refractivity contribution in [2.24, 2.45) is 0 Å². The van der Waals surface area contributed by atoms with Crippen molar-refractivity contribution in [3.05, 3.63) is 77.5 Å². The van der Waals surface area contributed by atoms with Crippen molar-refractivity contribution in [1.29, 1.82) is 0 Å². The number of sulfonamides is 1. The Labute approximate surface area is 167 Å². The largest absolute Gasteiger partial charge is 0.263 e. The van der Waals surface area contributed by atoms with Crippen LogP contribution in [0.25, 0.3) is 11.1 Å². The molecule has 1 heterocycles. The maximum atomic E-state index is 12.8. The summed E-state index contributed by atoms with van der Waals surface area (Å²) in [5, 5.41) is 0. The molecule has 0 saturated heterocycles. The second kappa shape index (κ2) is 8.57. The van der Waals surface area contributed by atoms with Crippen LogP contribution in [0.15, 0.2) is 65.6 Å². The number of pyridine rings is 1. The minimum atomic E-state index is -3.69. The van der Waals surface area contributed by atoms with E-state index in [0.717, 1.165) is 23.2 Å². The van der Waals surface area contributed by atoms with E-state index in [1.165, 1.54) is 18.4 Å². The molecule has 5 heteroatoms. The summed E-state index contributed by atoms with van der Waals surface area (Å²) in [5.41, 5.74) is 4.88. The SMILES string of the molecule is CCCCc1ccc(-c2ccc(S(=O)(=O)Nc3cccc(C)n3)c(C)c2)cc1. The summed E-state index contributed by atoms with van der Waals surface area (Å²) in [5.74, 6) is 0.325. The van der Waals surface area contributed by atoms with Crippen molar-refractivity contribution < 1.29 is 8.42 Å². The molecule has 0 radical (unpaired) electrons. The number of anilines is 1. The van der Waals surface area contributed by atoms with Crippen LogP contribution in [0, 0.1) is 13.8 Å². The van der Waals surface area contributed by atoms with Crippen LogP contribution in [-0.4, -0.2) is 13.4 Å². The van der Waals surface area contributed by atoms with Crippen LogP contribution < -0.4 is 4.72 Å². The first-order valence-electron chi connectivity index (χ1n) is 9.55. The van der Waals surface area contributed by atoms with Gasteiger partial charge in [-0.1, -0.05) is 55.8 Å². The molecule has 0 unspecified atom stereocenters. The van der Waals surface area contributed by atoms with Gasteiger partial charge in [0, 0.05) is 5.69 Å². The normalized spacial score (nSPS) is 11.4. The molecule has 0 spiro atoms. The predicted molar refractivity (Wildman–Crippen MR) is 115 cm³/mol. The van der Waals surface area contributed by atoms with E-state index in [1.807, 2.05) is 32.0 Å². The molecule has 4 nitrogen and oxygen atoms in total. The molecule has 0 aliphatic heterocycles. The zero-order valence-electron chi connectivity index (χ0n) is 16.6. The van der Waals surface area contributed by atoms with E-state index >= 15 is 0 Å². The van der Waals surface area contributed by atoms with Gasteiger partial charge in [0.05, 0.1) is 4.90 Å². The lowest BCUT2D eigenvalue weighted by molar-refractivity contribution is 0.600. The van der Waals surface area contributed by atoms with Crippen LogP contribution in [0.3, 0.4) is 0 Å². The van der Waals surface area contributed by atoms with Gasteiger partial charge in [-0.15, -0.1) is 0 Å². The van der Waals surface area contributed by atoms with Crippen LogP contribution in [0.4, 0.5) is 5.82 Å². The zero-order valence-corrected chi connectivity index (χ0v) is 17.4. The number of hydrogen-bond acceptors (Lipinski definition) is 3. The number of benzene rings is 2. The molecule has 0 fully saturated rings. The number of rotatable bonds is 7. The maximum absolute atomic E-state index is 12.8. The monoisotopic (exact) mass is 394 g/mol. The fourth-order valence-corrected chi connectivity index (χ4v) is 4.40. The van der Waals surface area contributed by atoms with Crippen molar-refractivity contribution in [2.75, 3.05) is 4.72 Å². The van der Waals surface area contributed by atoms with E-state index in [-0.39, 0.29) is 4.90 Å². The average molecular weight is 395 g/mol. The van der Waals surface area contributed by atoms with Crippen LogP contribution in [0.2, 0.25) is 0 Å². The molecule has 3 aromatic rings. The summed E-state index contributed by atoms with van der Waals surface area (Å²) in [6.45, 7) is 5.83. The van der Waals surface area contributed by atoms with Gasteiger partial charge in [-0.2, -0.15) is 0 Å². The maximum Gasteiger partial charge on any atom is 0.263 e. The Morgan fingerprint density at radius 1 is 0.929 bits per heavy atom. The first-order chi connectivity index (χ1) is 13.4. The Balaban J connectivity index is 1.83. The van der Waals surface area contributed by atoms with Gasteiger partial charge in [0.25, 0.3) is 10.0 Å². The van der Waals surface area contributed by atoms with E-state index < -0.39 is 10.0 Å². The average Bonchev–Trinajstić information content (AvgIpc) is 2.66. The lowest BCUT2D eigenvalue weighted by Crippen LogP contribution is -2.15. The van der Waals surface area contributed by atoms with Gasteiger partial charge in [-0.25, -0.2) is 13.4 Å². The Hall–Kier alpha value is -2.66. The van der Waals surface area contributed by atoms with E-state index in [0.29, 0.717) is 11.4 Å². The summed E-state index contributed by atoms with van der Waals surface area (Å²) in [7, 11) is -3.69. The van der Waals surface area contributed by atoms with Crippen LogP contribution in [0.1, 0.15) is 36.6 Å². The number of nitrogens with zero attached hydrogens (tertiary/aromatic N) is 1. The molecule has 0 aliphatic rings. The third-order valence-corrected chi connectivity index (χ3v) is 6.21.